The van der Waals surface area contributed by atoms with E-state index in [0.717, 1.165) is 31.8 Å². The van der Waals surface area contributed by atoms with Crippen molar-refractivity contribution in [2.45, 2.75) is 32.7 Å². The molecule has 0 aliphatic carbocycles. The average Bonchev–Trinajstić information content (AvgIpc) is 2.68. The van der Waals surface area contributed by atoms with Gasteiger partial charge in [-0.3, -0.25) is 4.79 Å². The molecule has 0 spiro atoms. The second-order valence-corrected chi connectivity index (χ2v) is 6.70. The Morgan fingerprint density at radius 2 is 1.88 bits per heavy atom. The van der Waals surface area contributed by atoms with Gasteiger partial charge >= 0.3 is 0 Å². The van der Waals surface area contributed by atoms with E-state index < -0.39 is 0 Å². The van der Waals surface area contributed by atoms with Gasteiger partial charge in [0.25, 0.3) is 0 Å². The molecule has 132 valence electrons. The van der Waals surface area contributed by atoms with Gasteiger partial charge in [-0.2, -0.15) is 0 Å². The van der Waals surface area contributed by atoms with Crippen molar-refractivity contribution >= 4 is 11.9 Å². The first-order valence-electron chi connectivity index (χ1n) is 9.02. The van der Waals surface area contributed by atoms with Gasteiger partial charge < -0.3 is 9.80 Å². The summed E-state index contributed by atoms with van der Waals surface area (Å²) in [6.07, 6.45) is 6.46. The number of nitrogens with zero attached hydrogens (tertiary/aromatic N) is 4. The van der Waals surface area contributed by atoms with E-state index in [1.54, 1.807) is 12.4 Å². The Labute approximate surface area is 149 Å². The zero-order valence-electron chi connectivity index (χ0n) is 15.1. The summed E-state index contributed by atoms with van der Waals surface area (Å²) in [5, 5.41) is 0. The zero-order chi connectivity index (χ0) is 17.6. The van der Waals surface area contributed by atoms with Crippen molar-refractivity contribution in [2.24, 2.45) is 5.92 Å². The van der Waals surface area contributed by atoms with Gasteiger partial charge in [-0.15, -0.1) is 0 Å². The number of anilines is 1. The number of hydrogen-bond donors (Lipinski definition) is 0. The predicted octanol–water partition coefficient (Wildman–Crippen LogP) is 2.91. The summed E-state index contributed by atoms with van der Waals surface area (Å²) in [6.45, 7) is 4.41. The molecule has 0 bridgehead atoms. The third-order valence-electron chi connectivity index (χ3n) is 4.83. The highest BCUT2D eigenvalue weighted by Gasteiger charge is 2.29. The average molecular weight is 338 g/mol. The lowest BCUT2D eigenvalue weighted by molar-refractivity contribution is -0.135. The summed E-state index contributed by atoms with van der Waals surface area (Å²) < 4.78 is 0. The van der Waals surface area contributed by atoms with Crippen LogP contribution in [0.15, 0.2) is 42.7 Å². The first-order valence-corrected chi connectivity index (χ1v) is 9.02. The van der Waals surface area contributed by atoms with Crippen LogP contribution < -0.4 is 4.90 Å². The number of aromatic nitrogens is 2. The molecule has 1 saturated heterocycles. The molecule has 1 fully saturated rings. The molecule has 1 atom stereocenters. The Hall–Kier alpha value is -2.43. The van der Waals surface area contributed by atoms with E-state index in [9.17, 15) is 4.79 Å². The van der Waals surface area contributed by atoms with Gasteiger partial charge in [0, 0.05) is 39.1 Å². The summed E-state index contributed by atoms with van der Waals surface area (Å²) in [4.78, 5) is 25.5. The quantitative estimate of drug-likeness (QED) is 0.841. The van der Waals surface area contributed by atoms with Crippen molar-refractivity contribution in [3.8, 4) is 0 Å². The molecule has 2 aromatic rings. The highest BCUT2D eigenvalue weighted by Crippen LogP contribution is 2.22. The second kappa shape index (κ2) is 8.10. The molecule has 5 heteroatoms. The number of rotatable bonds is 5. The molecule has 3 rings (SSSR count). The molecule has 1 aliphatic heterocycles. The van der Waals surface area contributed by atoms with Crippen LogP contribution in [-0.2, 0) is 17.8 Å². The van der Waals surface area contributed by atoms with Crippen LogP contribution in [0.4, 0.5) is 5.95 Å². The second-order valence-electron chi connectivity index (χ2n) is 6.70. The third kappa shape index (κ3) is 4.35. The number of amides is 1. The minimum Gasteiger partial charge on any atom is -0.341 e. The van der Waals surface area contributed by atoms with Gasteiger partial charge in [0.15, 0.2) is 0 Å². The fourth-order valence-corrected chi connectivity index (χ4v) is 3.36. The minimum atomic E-state index is 0.0115. The van der Waals surface area contributed by atoms with Crippen molar-refractivity contribution in [3.63, 3.8) is 0 Å². The Kier molecular flexibility index (Phi) is 5.64. The fraction of sp³-hybridized carbons (Fsp3) is 0.450. The summed E-state index contributed by atoms with van der Waals surface area (Å²) in [6, 6.07) is 10.3. The standard InChI is InChI=1S/C20H26N4O/c1-3-16-7-9-17(10-8-16)14-23(2)19(25)18-6-4-13-24(15-18)20-21-11-5-12-22-20/h5,7-12,18H,3-4,6,13-15H2,1-2H3. The van der Waals surface area contributed by atoms with Gasteiger partial charge in [-0.1, -0.05) is 31.2 Å². The van der Waals surface area contributed by atoms with Gasteiger partial charge in [0.05, 0.1) is 5.92 Å². The molecule has 1 aliphatic rings. The van der Waals surface area contributed by atoms with Crippen LogP contribution in [-0.4, -0.2) is 40.9 Å². The first-order chi connectivity index (χ1) is 12.2. The van der Waals surface area contributed by atoms with E-state index in [1.165, 1.54) is 11.1 Å². The Balaban J connectivity index is 1.61. The number of carbonyl (C=O) groups is 1. The molecule has 25 heavy (non-hydrogen) atoms. The molecule has 0 saturated carbocycles. The molecule has 0 radical (unpaired) electrons. The molecule has 1 aromatic heterocycles. The van der Waals surface area contributed by atoms with Crippen molar-refractivity contribution in [2.75, 3.05) is 25.0 Å². The van der Waals surface area contributed by atoms with E-state index in [-0.39, 0.29) is 11.8 Å². The molecular weight excluding hydrogens is 312 g/mol. The molecular formula is C20H26N4O. The van der Waals surface area contributed by atoms with Gasteiger partial charge in [0.2, 0.25) is 11.9 Å². The predicted molar refractivity (Wildman–Crippen MR) is 99.3 cm³/mol. The van der Waals surface area contributed by atoms with Crippen LogP contribution in [0.1, 0.15) is 30.9 Å². The summed E-state index contributed by atoms with van der Waals surface area (Å²) in [5.74, 6) is 0.940. The van der Waals surface area contributed by atoms with Crippen LogP contribution in [0, 0.1) is 5.92 Å². The SMILES string of the molecule is CCc1ccc(CN(C)C(=O)C2CCCN(c3ncccn3)C2)cc1. The van der Waals surface area contributed by atoms with Crippen LogP contribution in [0.25, 0.3) is 0 Å². The lowest BCUT2D eigenvalue weighted by Crippen LogP contribution is -2.44. The van der Waals surface area contributed by atoms with E-state index in [2.05, 4.69) is 46.1 Å². The van der Waals surface area contributed by atoms with Crippen LogP contribution >= 0.6 is 0 Å². The van der Waals surface area contributed by atoms with Gasteiger partial charge in [-0.05, 0) is 36.5 Å². The molecule has 0 N–H and O–H groups in total. The van der Waals surface area contributed by atoms with Crippen molar-refractivity contribution in [3.05, 3.63) is 53.9 Å². The lowest BCUT2D eigenvalue weighted by atomic mass is 9.96. The Morgan fingerprint density at radius 3 is 2.56 bits per heavy atom. The highest BCUT2D eigenvalue weighted by molar-refractivity contribution is 5.79. The van der Waals surface area contributed by atoms with Crippen molar-refractivity contribution in [1.29, 1.82) is 0 Å². The van der Waals surface area contributed by atoms with Gasteiger partial charge in [-0.25, -0.2) is 9.97 Å². The normalized spacial score (nSPS) is 17.4. The minimum absolute atomic E-state index is 0.0115. The maximum Gasteiger partial charge on any atom is 0.227 e. The van der Waals surface area contributed by atoms with E-state index in [4.69, 9.17) is 0 Å². The number of aryl methyl sites for hydroxylation is 1. The molecule has 1 unspecified atom stereocenters. The first kappa shape index (κ1) is 17.4. The number of benzene rings is 1. The van der Waals surface area contributed by atoms with E-state index >= 15 is 0 Å². The van der Waals surface area contributed by atoms with Crippen LogP contribution in [0.5, 0.6) is 0 Å². The molecule has 1 aromatic carbocycles. The maximum absolute atomic E-state index is 12.9. The third-order valence-corrected chi connectivity index (χ3v) is 4.83. The summed E-state index contributed by atoms with van der Waals surface area (Å²) >= 11 is 0. The summed E-state index contributed by atoms with van der Waals surface area (Å²) in [5.41, 5.74) is 2.50. The summed E-state index contributed by atoms with van der Waals surface area (Å²) in [7, 11) is 1.90. The van der Waals surface area contributed by atoms with Crippen molar-refractivity contribution in [1.82, 2.24) is 14.9 Å². The number of carbonyl (C=O) groups excluding carboxylic acids is 1. The van der Waals surface area contributed by atoms with Gasteiger partial charge in [0.1, 0.15) is 0 Å². The zero-order valence-corrected chi connectivity index (χ0v) is 15.1. The van der Waals surface area contributed by atoms with E-state index in [0.29, 0.717) is 13.1 Å². The molecule has 1 amide bonds. The molecule has 5 nitrogen and oxygen atoms in total. The van der Waals surface area contributed by atoms with E-state index in [1.807, 2.05) is 18.0 Å². The number of hydrogen-bond acceptors (Lipinski definition) is 4. The number of piperidine rings is 1. The molecule has 2 heterocycles. The topological polar surface area (TPSA) is 49.3 Å². The lowest BCUT2D eigenvalue weighted by Gasteiger charge is -2.34. The highest BCUT2D eigenvalue weighted by atomic mass is 16.2. The fourth-order valence-electron chi connectivity index (χ4n) is 3.36. The monoisotopic (exact) mass is 338 g/mol. The maximum atomic E-state index is 12.9. The smallest absolute Gasteiger partial charge is 0.227 e. The Morgan fingerprint density at radius 1 is 1.20 bits per heavy atom. The van der Waals surface area contributed by atoms with Crippen LogP contribution in [0.3, 0.4) is 0 Å². The van der Waals surface area contributed by atoms with Crippen LogP contribution in [0.2, 0.25) is 0 Å². The Bertz CT molecular complexity index is 687. The van der Waals surface area contributed by atoms with Crippen molar-refractivity contribution < 1.29 is 4.79 Å². The largest absolute Gasteiger partial charge is 0.341 e.